The SMILES string of the molecule is CC(C(=O)O)C1CCN2CCCC2C1. The molecule has 0 aliphatic carbocycles. The van der Waals surface area contributed by atoms with E-state index in [4.69, 9.17) is 5.11 Å². The van der Waals surface area contributed by atoms with E-state index in [2.05, 4.69) is 4.90 Å². The third kappa shape index (κ3) is 1.78. The number of rotatable bonds is 2. The summed E-state index contributed by atoms with van der Waals surface area (Å²) in [6.45, 7) is 4.21. The minimum atomic E-state index is -0.624. The first-order valence-corrected chi connectivity index (χ1v) is 5.65. The molecule has 14 heavy (non-hydrogen) atoms. The molecule has 0 spiro atoms. The fourth-order valence-corrected chi connectivity index (χ4v) is 2.91. The minimum Gasteiger partial charge on any atom is -0.481 e. The summed E-state index contributed by atoms with van der Waals surface area (Å²) >= 11 is 0. The van der Waals surface area contributed by atoms with E-state index < -0.39 is 5.97 Å². The summed E-state index contributed by atoms with van der Waals surface area (Å²) in [5.41, 5.74) is 0. The third-order valence-corrected chi connectivity index (χ3v) is 3.96. The fraction of sp³-hybridized carbons (Fsp3) is 0.909. The highest BCUT2D eigenvalue weighted by atomic mass is 16.4. The lowest BCUT2D eigenvalue weighted by molar-refractivity contribution is -0.143. The van der Waals surface area contributed by atoms with E-state index in [1.807, 2.05) is 6.92 Å². The maximum Gasteiger partial charge on any atom is 0.306 e. The predicted octanol–water partition coefficient (Wildman–Crippen LogP) is 1.58. The van der Waals surface area contributed by atoms with Crippen LogP contribution in [0.3, 0.4) is 0 Å². The molecule has 3 unspecified atom stereocenters. The maximum atomic E-state index is 10.9. The summed E-state index contributed by atoms with van der Waals surface area (Å²) in [7, 11) is 0. The van der Waals surface area contributed by atoms with Gasteiger partial charge in [0.25, 0.3) is 0 Å². The Morgan fingerprint density at radius 3 is 2.93 bits per heavy atom. The summed E-state index contributed by atoms with van der Waals surface area (Å²) in [4.78, 5) is 13.4. The molecule has 0 aromatic heterocycles. The van der Waals surface area contributed by atoms with Crippen LogP contribution in [0.1, 0.15) is 32.6 Å². The van der Waals surface area contributed by atoms with Crippen LogP contribution in [0, 0.1) is 11.8 Å². The van der Waals surface area contributed by atoms with Gasteiger partial charge in [0.1, 0.15) is 0 Å². The van der Waals surface area contributed by atoms with Crippen LogP contribution in [0.25, 0.3) is 0 Å². The van der Waals surface area contributed by atoms with Crippen molar-refractivity contribution >= 4 is 5.97 Å². The Morgan fingerprint density at radius 1 is 1.43 bits per heavy atom. The Kier molecular flexibility index (Phi) is 2.77. The third-order valence-electron chi connectivity index (χ3n) is 3.96. The summed E-state index contributed by atoms with van der Waals surface area (Å²) in [6.07, 6.45) is 4.76. The molecule has 3 nitrogen and oxygen atoms in total. The van der Waals surface area contributed by atoms with Crippen molar-refractivity contribution in [3.05, 3.63) is 0 Å². The second-order valence-electron chi connectivity index (χ2n) is 4.74. The molecule has 3 heteroatoms. The number of hydrogen-bond acceptors (Lipinski definition) is 2. The van der Waals surface area contributed by atoms with Gasteiger partial charge in [0.2, 0.25) is 0 Å². The molecule has 0 aromatic carbocycles. The van der Waals surface area contributed by atoms with Crippen LogP contribution in [0.2, 0.25) is 0 Å². The standard InChI is InChI=1S/C11H19NO2/c1-8(11(13)14)9-4-6-12-5-2-3-10(12)7-9/h8-10H,2-7H2,1H3,(H,13,14). The van der Waals surface area contributed by atoms with E-state index >= 15 is 0 Å². The van der Waals surface area contributed by atoms with Gasteiger partial charge in [-0.15, -0.1) is 0 Å². The normalized spacial score (nSPS) is 35.2. The second kappa shape index (κ2) is 3.89. The van der Waals surface area contributed by atoms with Crippen molar-refractivity contribution in [3.63, 3.8) is 0 Å². The molecule has 0 bridgehead atoms. The van der Waals surface area contributed by atoms with E-state index in [0.717, 1.165) is 19.4 Å². The lowest BCUT2D eigenvalue weighted by atomic mass is 9.82. The van der Waals surface area contributed by atoms with Gasteiger partial charge in [-0.1, -0.05) is 6.92 Å². The van der Waals surface area contributed by atoms with Crippen LogP contribution in [0.4, 0.5) is 0 Å². The van der Waals surface area contributed by atoms with E-state index in [9.17, 15) is 4.79 Å². The van der Waals surface area contributed by atoms with E-state index in [1.54, 1.807) is 0 Å². The first-order valence-electron chi connectivity index (χ1n) is 5.65. The number of carboxylic acids is 1. The predicted molar refractivity (Wildman–Crippen MR) is 54.1 cm³/mol. The zero-order valence-corrected chi connectivity index (χ0v) is 8.78. The molecule has 2 aliphatic rings. The number of nitrogens with zero attached hydrogens (tertiary/aromatic N) is 1. The first kappa shape index (κ1) is 9.97. The number of fused-ring (bicyclic) bond motifs is 1. The zero-order valence-electron chi connectivity index (χ0n) is 8.78. The molecule has 2 rings (SSSR count). The van der Waals surface area contributed by atoms with Crippen LogP contribution in [-0.2, 0) is 4.79 Å². The molecule has 2 heterocycles. The highest BCUT2D eigenvalue weighted by Gasteiger charge is 2.35. The second-order valence-corrected chi connectivity index (χ2v) is 4.74. The summed E-state index contributed by atoms with van der Waals surface area (Å²) in [5, 5.41) is 8.96. The van der Waals surface area contributed by atoms with E-state index in [-0.39, 0.29) is 5.92 Å². The van der Waals surface area contributed by atoms with Gasteiger partial charge in [0.15, 0.2) is 0 Å². The van der Waals surface area contributed by atoms with Gasteiger partial charge in [-0.3, -0.25) is 4.79 Å². The van der Waals surface area contributed by atoms with Crippen LogP contribution in [0.15, 0.2) is 0 Å². The lowest BCUT2D eigenvalue weighted by Crippen LogP contribution is -2.40. The number of piperidine rings is 1. The molecular weight excluding hydrogens is 178 g/mol. The van der Waals surface area contributed by atoms with Crippen molar-refractivity contribution in [2.45, 2.75) is 38.6 Å². The van der Waals surface area contributed by atoms with Crippen molar-refractivity contribution in [1.82, 2.24) is 4.90 Å². The molecule has 1 N–H and O–H groups in total. The largest absolute Gasteiger partial charge is 0.481 e. The number of hydrogen-bond donors (Lipinski definition) is 1. The molecular formula is C11H19NO2. The number of aliphatic carboxylic acids is 1. The van der Waals surface area contributed by atoms with Gasteiger partial charge < -0.3 is 10.0 Å². The highest BCUT2D eigenvalue weighted by molar-refractivity contribution is 5.69. The average molecular weight is 197 g/mol. The summed E-state index contributed by atoms with van der Waals surface area (Å²) < 4.78 is 0. The van der Waals surface area contributed by atoms with Gasteiger partial charge in [0, 0.05) is 6.04 Å². The smallest absolute Gasteiger partial charge is 0.306 e. The van der Waals surface area contributed by atoms with Crippen LogP contribution in [0.5, 0.6) is 0 Å². The Morgan fingerprint density at radius 2 is 2.21 bits per heavy atom. The topological polar surface area (TPSA) is 40.5 Å². The van der Waals surface area contributed by atoms with Gasteiger partial charge in [-0.25, -0.2) is 0 Å². The average Bonchev–Trinajstić information content (AvgIpc) is 2.62. The zero-order chi connectivity index (χ0) is 10.1. The molecule has 0 aromatic rings. The number of carbonyl (C=O) groups is 1. The molecule has 0 amide bonds. The van der Waals surface area contributed by atoms with Gasteiger partial charge >= 0.3 is 5.97 Å². The van der Waals surface area contributed by atoms with Crippen molar-refractivity contribution in [3.8, 4) is 0 Å². The van der Waals surface area contributed by atoms with Gasteiger partial charge in [-0.05, 0) is 44.7 Å². The van der Waals surface area contributed by atoms with Crippen molar-refractivity contribution in [1.29, 1.82) is 0 Å². The number of carboxylic acid groups (broad SMARTS) is 1. The van der Waals surface area contributed by atoms with Crippen LogP contribution < -0.4 is 0 Å². The first-order chi connectivity index (χ1) is 6.68. The summed E-state index contributed by atoms with van der Waals surface area (Å²) in [5.74, 6) is -0.369. The maximum absolute atomic E-state index is 10.9. The Labute approximate surface area is 85.1 Å². The molecule has 0 saturated carbocycles. The Bertz CT molecular complexity index is 229. The lowest BCUT2D eigenvalue weighted by Gasteiger charge is -2.36. The van der Waals surface area contributed by atoms with Crippen LogP contribution in [-0.4, -0.2) is 35.1 Å². The molecule has 2 fully saturated rings. The minimum absolute atomic E-state index is 0.155. The van der Waals surface area contributed by atoms with E-state index in [1.165, 1.54) is 19.4 Å². The summed E-state index contributed by atoms with van der Waals surface area (Å²) in [6, 6.07) is 0.690. The van der Waals surface area contributed by atoms with E-state index in [0.29, 0.717) is 12.0 Å². The highest BCUT2D eigenvalue weighted by Crippen LogP contribution is 2.34. The Hall–Kier alpha value is -0.570. The van der Waals surface area contributed by atoms with Gasteiger partial charge in [-0.2, -0.15) is 0 Å². The molecule has 2 aliphatic heterocycles. The van der Waals surface area contributed by atoms with Crippen molar-refractivity contribution < 1.29 is 9.90 Å². The quantitative estimate of drug-likeness (QED) is 0.730. The molecule has 80 valence electrons. The molecule has 0 radical (unpaired) electrons. The molecule has 3 atom stereocenters. The van der Waals surface area contributed by atoms with Crippen molar-refractivity contribution in [2.75, 3.05) is 13.1 Å². The molecule has 2 saturated heterocycles. The fourth-order valence-electron chi connectivity index (χ4n) is 2.91. The Balaban J connectivity index is 1.94. The van der Waals surface area contributed by atoms with Crippen LogP contribution >= 0.6 is 0 Å². The van der Waals surface area contributed by atoms with Crippen molar-refractivity contribution in [2.24, 2.45) is 11.8 Å². The van der Waals surface area contributed by atoms with Gasteiger partial charge in [0.05, 0.1) is 5.92 Å². The monoisotopic (exact) mass is 197 g/mol.